The number of nitrogen functional groups attached to an aromatic ring is 1. The van der Waals surface area contributed by atoms with E-state index in [1.807, 2.05) is 55.5 Å². The van der Waals surface area contributed by atoms with Crippen molar-refractivity contribution in [2.24, 2.45) is 0 Å². The Hall–Kier alpha value is -2.51. The number of aromatic nitrogens is 3. The summed E-state index contributed by atoms with van der Waals surface area (Å²) in [5.41, 5.74) is 1.52. The normalized spacial score (nSPS) is 12.0. The number of thioether (sulfide) groups is 1. The van der Waals surface area contributed by atoms with E-state index in [1.165, 1.54) is 16.4 Å². The van der Waals surface area contributed by atoms with Crippen molar-refractivity contribution in [1.82, 2.24) is 14.9 Å². The number of carbonyl (C=O) groups excluding carboxylic acids is 1. The van der Waals surface area contributed by atoms with Crippen molar-refractivity contribution in [2.75, 3.05) is 17.8 Å². The van der Waals surface area contributed by atoms with Crippen molar-refractivity contribution in [2.45, 2.75) is 17.3 Å². The Morgan fingerprint density at radius 1 is 1.15 bits per heavy atom. The molecule has 0 bridgehead atoms. The van der Waals surface area contributed by atoms with Gasteiger partial charge in [0.2, 0.25) is 11.1 Å². The summed E-state index contributed by atoms with van der Waals surface area (Å²) in [5.74, 6) is 6.53. The molecule has 1 unspecified atom stereocenters. The van der Waals surface area contributed by atoms with Crippen molar-refractivity contribution in [3.8, 4) is 11.4 Å². The molecule has 8 heteroatoms. The predicted molar refractivity (Wildman–Crippen MR) is 106 cm³/mol. The summed E-state index contributed by atoms with van der Waals surface area (Å²) in [6.45, 7) is 1.82. The Labute approximate surface area is 160 Å². The molecule has 1 heterocycles. The second-order valence-corrected chi connectivity index (χ2v) is 7.36. The molecule has 0 saturated heterocycles. The van der Waals surface area contributed by atoms with E-state index in [1.54, 1.807) is 18.0 Å². The highest BCUT2D eigenvalue weighted by Gasteiger charge is 2.23. The lowest BCUT2D eigenvalue weighted by Crippen LogP contribution is -2.33. The van der Waals surface area contributed by atoms with E-state index in [9.17, 15) is 4.79 Å². The molecular weight excluding hydrogens is 370 g/mol. The zero-order valence-electron chi connectivity index (χ0n) is 14.3. The highest BCUT2D eigenvalue weighted by molar-refractivity contribution is 8.00. The van der Waals surface area contributed by atoms with E-state index in [0.717, 1.165) is 5.69 Å². The number of carbonyl (C=O) groups is 1. The van der Waals surface area contributed by atoms with Gasteiger partial charge in [0.25, 0.3) is 0 Å². The summed E-state index contributed by atoms with van der Waals surface area (Å²) in [6, 6.07) is 16.7. The van der Waals surface area contributed by atoms with Gasteiger partial charge in [-0.15, -0.1) is 10.2 Å². The Balaban J connectivity index is 1.77. The van der Waals surface area contributed by atoms with Gasteiger partial charge in [-0.2, -0.15) is 0 Å². The van der Waals surface area contributed by atoms with Crippen LogP contribution in [0.2, 0.25) is 5.02 Å². The fraction of sp³-hybridized carbons (Fsp3) is 0.167. The van der Waals surface area contributed by atoms with E-state index in [2.05, 4.69) is 10.2 Å². The van der Waals surface area contributed by atoms with Gasteiger partial charge in [-0.1, -0.05) is 53.7 Å². The fourth-order valence-electron chi connectivity index (χ4n) is 2.44. The van der Waals surface area contributed by atoms with E-state index in [0.29, 0.717) is 21.6 Å². The van der Waals surface area contributed by atoms with Gasteiger partial charge in [0.1, 0.15) is 0 Å². The zero-order chi connectivity index (χ0) is 18.7. The third-order valence-corrected chi connectivity index (χ3v) is 5.26. The molecule has 6 nitrogen and oxygen atoms in total. The number of para-hydroxylation sites is 1. The van der Waals surface area contributed by atoms with Crippen LogP contribution < -0.4 is 10.7 Å². The summed E-state index contributed by atoms with van der Waals surface area (Å²) in [4.78, 5) is 14.3. The molecule has 0 aliphatic carbocycles. The highest BCUT2D eigenvalue weighted by Crippen LogP contribution is 2.29. The number of nitrogens with two attached hydrogens (primary N) is 1. The lowest BCUT2D eigenvalue weighted by atomic mass is 10.2. The maximum Gasteiger partial charge on any atom is 0.240 e. The molecule has 0 aliphatic heterocycles. The monoisotopic (exact) mass is 387 g/mol. The molecule has 0 spiro atoms. The van der Waals surface area contributed by atoms with Gasteiger partial charge >= 0.3 is 0 Å². The van der Waals surface area contributed by atoms with Crippen LogP contribution in [0.5, 0.6) is 0 Å². The Kier molecular flexibility index (Phi) is 5.49. The van der Waals surface area contributed by atoms with Crippen LogP contribution in [0.4, 0.5) is 5.69 Å². The molecule has 1 atom stereocenters. The molecule has 3 rings (SSSR count). The number of rotatable bonds is 5. The number of benzene rings is 2. The molecule has 134 valence electrons. The van der Waals surface area contributed by atoms with Gasteiger partial charge in [0.05, 0.1) is 10.3 Å². The van der Waals surface area contributed by atoms with Gasteiger partial charge in [-0.25, -0.2) is 4.68 Å². The molecule has 1 aromatic heterocycles. The lowest BCUT2D eigenvalue weighted by Gasteiger charge is -2.20. The first-order valence-electron chi connectivity index (χ1n) is 7.93. The van der Waals surface area contributed by atoms with Crippen LogP contribution >= 0.6 is 23.4 Å². The standard InChI is InChI=1S/C18H18ClN5OS/c1-12(17(25)23(2)13-8-4-3-5-9-13)26-18-22-21-16(24(18)20)14-10-6-7-11-15(14)19/h3-12H,20H2,1-2H3. The minimum Gasteiger partial charge on any atom is -0.335 e. The van der Waals surface area contributed by atoms with E-state index < -0.39 is 0 Å². The topological polar surface area (TPSA) is 77.0 Å². The summed E-state index contributed by atoms with van der Waals surface area (Å²) >= 11 is 7.45. The Morgan fingerprint density at radius 3 is 2.50 bits per heavy atom. The summed E-state index contributed by atoms with van der Waals surface area (Å²) in [6.07, 6.45) is 0. The van der Waals surface area contributed by atoms with Crippen molar-refractivity contribution < 1.29 is 4.79 Å². The minimum atomic E-state index is -0.384. The molecular formula is C18H18ClN5OS. The second-order valence-electron chi connectivity index (χ2n) is 5.65. The molecule has 0 saturated carbocycles. The van der Waals surface area contributed by atoms with Crippen LogP contribution in [0.25, 0.3) is 11.4 Å². The van der Waals surface area contributed by atoms with Crippen LogP contribution in [0.1, 0.15) is 6.92 Å². The quantitative estimate of drug-likeness (QED) is 0.536. The number of anilines is 1. The highest BCUT2D eigenvalue weighted by atomic mass is 35.5. The van der Waals surface area contributed by atoms with Crippen molar-refractivity contribution in [1.29, 1.82) is 0 Å². The first-order valence-corrected chi connectivity index (χ1v) is 9.19. The molecule has 0 fully saturated rings. The predicted octanol–water partition coefficient (Wildman–Crippen LogP) is 3.46. The smallest absolute Gasteiger partial charge is 0.240 e. The van der Waals surface area contributed by atoms with Gasteiger partial charge in [0.15, 0.2) is 5.82 Å². The largest absolute Gasteiger partial charge is 0.335 e. The van der Waals surface area contributed by atoms with Crippen LogP contribution in [0.3, 0.4) is 0 Å². The average molecular weight is 388 g/mol. The summed E-state index contributed by atoms with van der Waals surface area (Å²) in [5, 5.41) is 8.83. The molecule has 3 aromatic rings. The van der Waals surface area contributed by atoms with Crippen LogP contribution in [0.15, 0.2) is 59.8 Å². The van der Waals surface area contributed by atoms with E-state index >= 15 is 0 Å². The SMILES string of the molecule is CC(Sc1nnc(-c2ccccc2Cl)n1N)C(=O)N(C)c1ccccc1. The van der Waals surface area contributed by atoms with Crippen LogP contribution in [-0.2, 0) is 4.79 Å². The van der Waals surface area contributed by atoms with Gasteiger partial charge in [0, 0.05) is 18.3 Å². The first-order chi connectivity index (χ1) is 12.5. The minimum absolute atomic E-state index is 0.0523. The molecule has 0 aliphatic rings. The van der Waals surface area contributed by atoms with Crippen molar-refractivity contribution in [3.63, 3.8) is 0 Å². The number of amides is 1. The number of nitrogens with zero attached hydrogens (tertiary/aromatic N) is 4. The fourth-order valence-corrected chi connectivity index (χ4v) is 3.53. The van der Waals surface area contributed by atoms with Gasteiger partial charge < -0.3 is 10.7 Å². The number of hydrogen-bond donors (Lipinski definition) is 1. The lowest BCUT2D eigenvalue weighted by molar-refractivity contribution is -0.117. The third kappa shape index (κ3) is 3.68. The van der Waals surface area contributed by atoms with Crippen molar-refractivity contribution >= 4 is 35.0 Å². The molecule has 2 N–H and O–H groups in total. The first kappa shape index (κ1) is 18.3. The number of hydrogen-bond acceptors (Lipinski definition) is 5. The maximum atomic E-state index is 12.7. The van der Waals surface area contributed by atoms with Crippen LogP contribution in [-0.4, -0.2) is 33.1 Å². The molecule has 2 aromatic carbocycles. The van der Waals surface area contributed by atoms with E-state index in [-0.39, 0.29) is 11.2 Å². The Morgan fingerprint density at radius 2 is 1.81 bits per heavy atom. The summed E-state index contributed by atoms with van der Waals surface area (Å²) < 4.78 is 1.36. The van der Waals surface area contributed by atoms with E-state index in [4.69, 9.17) is 17.4 Å². The Bertz CT molecular complexity index is 915. The summed E-state index contributed by atoms with van der Waals surface area (Å²) in [7, 11) is 1.75. The zero-order valence-corrected chi connectivity index (χ0v) is 15.9. The van der Waals surface area contributed by atoms with Crippen molar-refractivity contribution in [3.05, 3.63) is 59.6 Å². The molecule has 1 amide bonds. The van der Waals surface area contributed by atoms with Gasteiger partial charge in [-0.3, -0.25) is 4.79 Å². The maximum absolute atomic E-state index is 12.7. The average Bonchev–Trinajstić information content (AvgIpc) is 3.02. The van der Waals surface area contributed by atoms with Gasteiger partial charge in [-0.05, 0) is 31.2 Å². The molecule has 0 radical (unpaired) electrons. The number of halogens is 1. The van der Waals surface area contributed by atoms with Crippen LogP contribution in [0, 0.1) is 0 Å². The molecule has 26 heavy (non-hydrogen) atoms. The second kappa shape index (κ2) is 7.80. The third-order valence-electron chi connectivity index (χ3n) is 3.88.